The summed E-state index contributed by atoms with van der Waals surface area (Å²) in [6.45, 7) is 4.20. The van der Waals surface area contributed by atoms with Crippen molar-refractivity contribution in [3.8, 4) is 0 Å². The average Bonchev–Trinajstić information content (AvgIpc) is 2.37. The van der Waals surface area contributed by atoms with E-state index in [4.69, 9.17) is 16.3 Å². The number of nitrogens with zero attached hydrogens (tertiary/aromatic N) is 2. The molecule has 5 nitrogen and oxygen atoms in total. The van der Waals surface area contributed by atoms with Gasteiger partial charge in [0.05, 0.1) is 6.10 Å². The van der Waals surface area contributed by atoms with Crippen molar-refractivity contribution in [3.63, 3.8) is 0 Å². The lowest BCUT2D eigenvalue weighted by Crippen LogP contribution is -2.47. The Bertz CT molecular complexity index is 329. The van der Waals surface area contributed by atoms with Crippen LogP contribution in [-0.2, 0) is 14.9 Å². The van der Waals surface area contributed by atoms with Gasteiger partial charge in [0.15, 0.2) is 0 Å². The molecule has 0 saturated carbocycles. The first-order chi connectivity index (χ1) is 8.52. The van der Waals surface area contributed by atoms with Crippen LogP contribution in [0.15, 0.2) is 0 Å². The number of hydrogen-bond donors (Lipinski definition) is 0. The summed E-state index contributed by atoms with van der Waals surface area (Å²) >= 11 is 5.58. The zero-order chi connectivity index (χ0) is 13.6. The Morgan fingerprint density at radius 2 is 2.00 bits per heavy atom. The highest BCUT2D eigenvalue weighted by atomic mass is 35.5. The lowest BCUT2D eigenvalue weighted by Gasteiger charge is -2.33. The Hall–Kier alpha value is 0.120. The van der Waals surface area contributed by atoms with E-state index < -0.39 is 10.2 Å². The first kappa shape index (κ1) is 16.2. The van der Waals surface area contributed by atoms with Crippen LogP contribution in [0.1, 0.15) is 26.2 Å². The van der Waals surface area contributed by atoms with Crippen LogP contribution in [0.2, 0.25) is 0 Å². The van der Waals surface area contributed by atoms with Gasteiger partial charge >= 0.3 is 0 Å². The molecule has 0 aromatic heterocycles. The topological polar surface area (TPSA) is 49.9 Å². The second kappa shape index (κ2) is 7.65. The summed E-state index contributed by atoms with van der Waals surface area (Å²) in [5, 5.41) is 0. The summed E-state index contributed by atoms with van der Waals surface area (Å²) in [4.78, 5) is 0. The minimum absolute atomic E-state index is 0.203. The molecule has 0 atom stereocenters. The smallest absolute Gasteiger partial charge is 0.281 e. The van der Waals surface area contributed by atoms with Crippen LogP contribution in [-0.4, -0.2) is 62.3 Å². The molecule has 0 spiro atoms. The van der Waals surface area contributed by atoms with Crippen LogP contribution in [0.4, 0.5) is 0 Å². The van der Waals surface area contributed by atoms with Crippen molar-refractivity contribution in [2.45, 2.75) is 32.3 Å². The van der Waals surface area contributed by atoms with Crippen LogP contribution in [0.25, 0.3) is 0 Å². The monoisotopic (exact) mass is 298 g/mol. The quantitative estimate of drug-likeness (QED) is 0.666. The van der Waals surface area contributed by atoms with E-state index in [1.54, 1.807) is 7.05 Å². The molecule has 0 aromatic carbocycles. The molecule has 0 unspecified atom stereocenters. The van der Waals surface area contributed by atoms with Crippen LogP contribution in [0.5, 0.6) is 0 Å². The Kier molecular flexibility index (Phi) is 6.87. The Balaban J connectivity index is 2.49. The van der Waals surface area contributed by atoms with E-state index in [2.05, 4.69) is 0 Å². The van der Waals surface area contributed by atoms with Crippen LogP contribution in [0.3, 0.4) is 0 Å². The molecule has 1 rings (SSSR count). The van der Waals surface area contributed by atoms with E-state index in [0.29, 0.717) is 38.5 Å². The van der Waals surface area contributed by atoms with Gasteiger partial charge in [-0.1, -0.05) is 0 Å². The molecule has 0 amide bonds. The van der Waals surface area contributed by atoms with Gasteiger partial charge in [-0.15, -0.1) is 11.6 Å². The van der Waals surface area contributed by atoms with Crippen LogP contribution >= 0.6 is 11.6 Å². The van der Waals surface area contributed by atoms with Crippen molar-refractivity contribution in [2.24, 2.45) is 0 Å². The summed E-state index contributed by atoms with van der Waals surface area (Å²) < 4.78 is 32.9. The van der Waals surface area contributed by atoms with Gasteiger partial charge < -0.3 is 4.74 Å². The average molecular weight is 299 g/mol. The van der Waals surface area contributed by atoms with E-state index in [-0.39, 0.29) is 6.10 Å². The molecule has 108 valence electrons. The van der Waals surface area contributed by atoms with Crippen LogP contribution in [0, 0.1) is 0 Å². The third-order valence-electron chi connectivity index (χ3n) is 3.13. The lowest BCUT2D eigenvalue weighted by atomic mass is 10.1. The number of ether oxygens (including phenoxy) is 1. The van der Waals surface area contributed by atoms with Gasteiger partial charge in [0.2, 0.25) is 0 Å². The van der Waals surface area contributed by atoms with E-state index in [0.717, 1.165) is 12.8 Å². The molecule has 1 aliphatic rings. The highest BCUT2D eigenvalue weighted by Gasteiger charge is 2.30. The van der Waals surface area contributed by atoms with Gasteiger partial charge in [0.1, 0.15) is 0 Å². The maximum atomic E-state index is 12.2. The minimum Gasteiger partial charge on any atom is -0.378 e. The van der Waals surface area contributed by atoms with Gasteiger partial charge in [-0.05, 0) is 26.2 Å². The van der Waals surface area contributed by atoms with Gasteiger partial charge in [0, 0.05) is 39.2 Å². The Morgan fingerprint density at radius 3 is 2.50 bits per heavy atom. The summed E-state index contributed by atoms with van der Waals surface area (Å²) in [5.74, 6) is 0.478. The molecule has 0 N–H and O–H groups in total. The SMILES string of the molecule is CCOC1CCN(S(=O)(=O)N(C)CCCCl)CC1. The molecule has 18 heavy (non-hydrogen) atoms. The maximum absolute atomic E-state index is 12.2. The fraction of sp³-hybridized carbons (Fsp3) is 1.00. The molecule has 1 saturated heterocycles. The normalized spacial score (nSPS) is 19.6. The minimum atomic E-state index is -3.32. The summed E-state index contributed by atoms with van der Waals surface area (Å²) in [7, 11) is -1.71. The second-order valence-corrected chi connectivity index (χ2v) is 6.84. The third-order valence-corrected chi connectivity index (χ3v) is 5.39. The summed E-state index contributed by atoms with van der Waals surface area (Å²) in [6, 6.07) is 0. The first-order valence-corrected chi connectivity index (χ1v) is 8.34. The first-order valence-electron chi connectivity index (χ1n) is 6.41. The fourth-order valence-corrected chi connectivity index (χ4v) is 3.61. The van der Waals surface area contributed by atoms with Crippen LogP contribution < -0.4 is 0 Å². The van der Waals surface area contributed by atoms with Crippen molar-refractivity contribution in [3.05, 3.63) is 0 Å². The van der Waals surface area contributed by atoms with Crippen molar-refractivity contribution in [1.29, 1.82) is 0 Å². The summed E-state index contributed by atoms with van der Waals surface area (Å²) in [6.07, 6.45) is 2.43. The van der Waals surface area contributed by atoms with Gasteiger partial charge in [-0.3, -0.25) is 0 Å². The predicted molar refractivity (Wildman–Crippen MR) is 73.1 cm³/mol. The molecule has 0 aliphatic carbocycles. The Labute approximate surface area is 115 Å². The number of rotatable bonds is 7. The van der Waals surface area contributed by atoms with Crippen molar-refractivity contribution in [2.75, 3.05) is 39.2 Å². The largest absolute Gasteiger partial charge is 0.378 e. The third kappa shape index (κ3) is 4.35. The summed E-state index contributed by atoms with van der Waals surface area (Å²) in [5.41, 5.74) is 0. The van der Waals surface area contributed by atoms with Gasteiger partial charge in [-0.25, -0.2) is 0 Å². The standard InChI is InChI=1S/C11H23ClN2O3S/c1-3-17-11-5-9-14(10-6-11)18(15,16)13(2)8-4-7-12/h11H,3-10H2,1-2H3. The number of hydrogen-bond acceptors (Lipinski definition) is 3. The molecule has 0 radical (unpaired) electrons. The molecule has 1 heterocycles. The molecule has 0 aromatic rings. The highest BCUT2D eigenvalue weighted by molar-refractivity contribution is 7.86. The maximum Gasteiger partial charge on any atom is 0.281 e. The van der Waals surface area contributed by atoms with E-state index in [1.807, 2.05) is 6.92 Å². The van der Waals surface area contributed by atoms with Crippen molar-refractivity contribution < 1.29 is 13.2 Å². The zero-order valence-corrected chi connectivity index (χ0v) is 12.7. The molecular weight excluding hydrogens is 276 g/mol. The zero-order valence-electron chi connectivity index (χ0n) is 11.1. The van der Waals surface area contributed by atoms with E-state index in [1.165, 1.54) is 8.61 Å². The molecule has 1 aliphatic heterocycles. The second-order valence-electron chi connectivity index (χ2n) is 4.43. The van der Waals surface area contributed by atoms with Crippen molar-refractivity contribution in [1.82, 2.24) is 8.61 Å². The number of piperidine rings is 1. The fourth-order valence-electron chi connectivity index (χ4n) is 2.06. The number of halogens is 1. The lowest BCUT2D eigenvalue weighted by molar-refractivity contribution is 0.0282. The molecular formula is C11H23ClN2O3S. The molecule has 0 bridgehead atoms. The predicted octanol–water partition coefficient (Wildman–Crippen LogP) is 1.29. The molecule has 7 heteroatoms. The van der Waals surface area contributed by atoms with E-state index >= 15 is 0 Å². The van der Waals surface area contributed by atoms with Crippen molar-refractivity contribution >= 4 is 21.8 Å². The Morgan fingerprint density at radius 1 is 1.39 bits per heavy atom. The molecule has 1 fully saturated rings. The van der Waals surface area contributed by atoms with E-state index in [9.17, 15) is 8.42 Å². The number of alkyl halides is 1. The highest BCUT2D eigenvalue weighted by Crippen LogP contribution is 2.18. The van der Waals surface area contributed by atoms with Gasteiger partial charge in [-0.2, -0.15) is 17.0 Å². The van der Waals surface area contributed by atoms with Gasteiger partial charge in [0.25, 0.3) is 10.2 Å².